The molecule has 6 nitrogen and oxygen atoms in total. The second kappa shape index (κ2) is 14.5. The van der Waals surface area contributed by atoms with Gasteiger partial charge in [0.25, 0.3) is 0 Å². The molecule has 8 heteroatoms. The highest BCUT2D eigenvalue weighted by Crippen LogP contribution is 2.17. The smallest absolute Gasteiger partial charge is 0.395 e. The average molecular weight is 354 g/mol. The Morgan fingerprint density at radius 1 is 0.955 bits per heavy atom. The summed E-state index contributed by atoms with van der Waals surface area (Å²) in [7, 11) is -1.03. The predicted molar refractivity (Wildman–Crippen MR) is 94.9 cm³/mol. The van der Waals surface area contributed by atoms with Crippen molar-refractivity contribution in [1.29, 1.82) is 0 Å². The van der Waals surface area contributed by atoms with Gasteiger partial charge < -0.3 is 27.9 Å². The van der Waals surface area contributed by atoms with Crippen LogP contribution in [-0.4, -0.2) is 58.0 Å². The van der Waals surface area contributed by atoms with Gasteiger partial charge in [-0.05, 0) is 46.0 Å². The van der Waals surface area contributed by atoms with Gasteiger partial charge >= 0.3 is 17.4 Å². The first-order chi connectivity index (χ1) is 10.4. The summed E-state index contributed by atoms with van der Waals surface area (Å²) in [5, 5.41) is 0. The minimum atomic E-state index is -2.40. The fourth-order valence-electron chi connectivity index (χ4n) is 1.57. The van der Waals surface area contributed by atoms with Gasteiger partial charge in [-0.25, -0.2) is 0 Å². The zero-order valence-corrected chi connectivity index (χ0v) is 17.1. The zero-order chi connectivity index (χ0) is 17.5. The SMILES string of the molecule is C=C[Si](C)(OC)OC.CCO[Si](CCCN)(OCC)OCC. The molecule has 22 heavy (non-hydrogen) atoms. The molecule has 0 amide bonds. The fourth-order valence-corrected chi connectivity index (χ4v) is 4.71. The molecule has 0 aromatic carbocycles. The molecule has 0 fully saturated rings. The van der Waals surface area contributed by atoms with E-state index in [0.29, 0.717) is 26.4 Å². The van der Waals surface area contributed by atoms with E-state index in [1.807, 2.05) is 27.3 Å². The monoisotopic (exact) mass is 353 g/mol. The Kier molecular flexibility index (Phi) is 16.0. The Labute approximate surface area is 138 Å². The lowest BCUT2D eigenvalue weighted by atomic mass is 10.5. The number of hydrogen-bond donors (Lipinski definition) is 1. The van der Waals surface area contributed by atoms with Gasteiger partial charge in [0.2, 0.25) is 0 Å². The molecule has 0 heterocycles. The molecule has 0 aliphatic rings. The van der Waals surface area contributed by atoms with E-state index in [1.165, 1.54) is 0 Å². The molecule has 0 aromatic rings. The minimum Gasteiger partial charge on any atom is -0.395 e. The van der Waals surface area contributed by atoms with Crippen LogP contribution in [0.25, 0.3) is 0 Å². The highest BCUT2D eigenvalue weighted by atomic mass is 28.4. The van der Waals surface area contributed by atoms with E-state index in [4.69, 9.17) is 27.9 Å². The third-order valence-electron chi connectivity index (χ3n) is 2.96. The number of nitrogens with two attached hydrogens (primary N) is 1. The molecule has 0 aromatic heterocycles. The van der Waals surface area contributed by atoms with E-state index in [-0.39, 0.29) is 0 Å². The van der Waals surface area contributed by atoms with Gasteiger partial charge in [-0.15, -0.1) is 6.58 Å². The van der Waals surface area contributed by atoms with Crippen molar-refractivity contribution in [2.75, 3.05) is 40.6 Å². The molecule has 0 atom stereocenters. The van der Waals surface area contributed by atoms with Crippen molar-refractivity contribution in [3.05, 3.63) is 12.3 Å². The molecule has 2 N–H and O–H groups in total. The molecule has 0 aliphatic heterocycles. The summed E-state index contributed by atoms with van der Waals surface area (Å²) >= 11 is 0. The standard InChI is InChI=1S/C9H23NO3Si.C5H12O2Si/c1-4-11-14(12-5-2,13-6-3)9-7-8-10;1-5-8(4,6-2)7-3/h4-10H2,1-3H3;5H,1H2,2-4H3. The van der Waals surface area contributed by atoms with Crippen LogP contribution < -0.4 is 5.73 Å². The fraction of sp³-hybridized carbons (Fsp3) is 0.857. The van der Waals surface area contributed by atoms with Crippen LogP contribution in [0.5, 0.6) is 0 Å². The van der Waals surface area contributed by atoms with Gasteiger partial charge in [0.05, 0.1) is 0 Å². The Bertz CT molecular complexity index is 249. The molecule has 0 saturated carbocycles. The maximum atomic E-state index is 5.65. The van der Waals surface area contributed by atoms with Crippen molar-refractivity contribution < 1.29 is 22.1 Å². The molecule has 0 spiro atoms. The molecule has 0 aliphatic carbocycles. The van der Waals surface area contributed by atoms with Gasteiger partial charge in [0.15, 0.2) is 0 Å². The minimum absolute atomic E-state index is 0.636. The first kappa shape index (κ1) is 24.2. The van der Waals surface area contributed by atoms with E-state index in [1.54, 1.807) is 19.9 Å². The maximum absolute atomic E-state index is 5.65. The van der Waals surface area contributed by atoms with Gasteiger partial charge in [0.1, 0.15) is 0 Å². The molecule has 0 rings (SSSR count). The summed E-state index contributed by atoms with van der Waals surface area (Å²) in [5.74, 6) is 0. The highest BCUT2D eigenvalue weighted by molar-refractivity contribution is 6.71. The van der Waals surface area contributed by atoms with Crippen molar-refractivity contribution in [2.24, 2.45) is 5.73 Å². The van der Waals surface area contributed by atoms with Crippen molar-refractivity contribution in [3.63, 3.8) is 0 Å². The van der Waals surface area contributed by atoms with E-state index in [9.17, 15) is 0 Å². The second-order valence-corrected chi connectivity index (χ2v) is 10.5. The van der Waals surface area contributed by atoms with E-state index in [2.05, 4.69) is 6.58 Å². The molecule has 0 bridgehead atoms. The number of rotatable bonds is 12. The average Bonchev–Trinajstić information content (AvgIpc) is 2.53. The summed E-state index contributed by atoms with van der Waals surface area (Å²) in [5.41, 5.74) is 7.22. The van der Waals surface area contributed by atoms with Crippen LogP contribution in [0.1, 0.15) is 27.2 Å². The molecule has 0 radical (unpaired) electrons. The predicted octanol–water partition coefficient (Wildman–Crippen LogP) is 2.46. The summed E-state index contributed by atoms with van der Waals surface area (Å²) in [6.45, 7) is 14.0. The lowest BCUT2D eigenvalue weighted by molar-refractivity contribution is 0.0710. The first-order valence-electron chi connectivity index (χ1n) is 7.78. The summed E-state index contributed by atoms with van der Waals surface area (Å²) in [4.78, 5) is 0. The quantitative estimate of drug-likeness (QED) is 0.543. The lowest BCUT2D eigenvalue weighted by Gasteiger charge is -2.28. The summed E-state index contributed by atoms with van der Waals surface area (Å²) < 4.78 is 27.0. The molecular weight excluding hydrogens is 318 g/mol. The third-order valence-corrected chi connectivity index (χ3v) is 8.48. The van der Waals surface area contributed by atoms with Crippen LogP contribution >= 0.6 is 0 Å². The highest BCUT2D eigenvalue weighted by Gasteiger charge is 2.39. The van der Waals surface area contributed by atoms with Crippen molar-refractivity contribution >= 4 is 17.4 Å². The van der Waals surface area contributed by atoms with Crippen LogP contribution in [0.3, 0.4) is 0 Å². The summed E-state index contributed by atoms with van der Waals surface area (Å²) in [6, 6.07) is 0.818. The lowest BCUT2D eigenvalue weighted by Crippen LogP contribution is -2.46. The Balaban J connectivity index is 0. The van der Waals surface area contributed by atoms with Crippen LogP contribution in [0.2, 0.25) is 12.6 Å². The molecular formula is C14H35NO5Si2. The van der Waals surface area contributed by atoms with E-state index < -0.39 is 17.4 Å². The zero-order valence-electron chi connectivity index (χ0n) is 15.1. The third kappa shape index (κ3) is 10.6. The molecule has 0 saturated heterocycles. The van der Waals surface area contributed by atoms with Gasteiger partial charge in [-0.2, -0.15) is 0 Å². The van der Waals surface area contributed by atoms with Crippen LogP contribution in [0.4, 0.5) is 0 Å². The summed E-state index contributed by atoms with van der Waals surface area (Å²) in [6.07, 6.45) is 0.895. The van der Waals surface area contributed by atoms with Gasteiger partial charge in [-0.3, -0.25) is 0 Å². The Morgan fingerprint density at radius 3 is 1.55 bits per heavy atom. The maximum Gasteiger partial charge on any atom is 0.500 e. The van der Waals surface area contributed by atoms with E-state index in [0.717, 1.165) is 12.5 Å². The van der Waals surface area contributed by atoms with Gasteiger partial charge in [-0.1, -0.05) is 0 Å². The van der Waals surface area contributed by atoms with Crippen LogP contribution in [-0.2, 0) is 22.1 Å². The van der Waals surface area contributed by atoms with Gasteiger partial charge in [0, 0.05) is 40.1 Å². The normalized spacial score (nSPS) is 11.8. The topological polar surface area (TPSA) is 72.2 Å². The molecule has 134 valence electrons. The van der Waals surface area contributed by atoms with Crippen molar-refractivity contribution in [1.82, 2.24) is 0 Å². The van der Waals surface area contributed by atoms with Crippen molar-refractivity contribution in [3.8, 4) is 0 Å². The van der Waals surface area contributed by atoms with E-state index >= 15 is 0 Å². The van der Waals surface area contributed by atoms with Crippen LogP contribution in [0, 0.1) is 0 Å². The van der Waals surface area contributed by atoms with Crippen LogP contribution in [0.15, 0.2) is 12.3 Å². The Morgan fingerprint density at radius 2 is 1.36 bits per heavy atom. The Hall–Kier alpha value is -0.0662. The largest absolute Gasteiger partial charge is 0.500 e. The molecule has 0 unspecified atom stereocenters. The second-order valence-electron chi connectivity index (χ2n) is 4.50. The first-order valence-corrected chi connectivity index (χ1v) is 12.1. The van der Waals surface area contributed by atoms with Crippen molar-refractivity contribution in [2.45, 2.75) is 39.8 Å². The number of hydrogen-bond acceptors (Lipinski definition) is 6.